The number of aryl methyl sites for hydroxylation is 4. The van der Waals surface area contributed by atoms with Crippen LogP contribution in [0.3, 0.4) is 0 Å². The maximum absolute atomic E-state index is 13.0. The van der Waals surface area contributed by atoms with E-state index < -0.39 is 0 Å². The Labute approximate surface area is 176 Å². The third-order valence-electron chi connectivity index (χ3n) is 5.00. The maximum Gasteiger partial charge on any atom is 0.295 e. The summed E-state index contributed by atoms with van der Waals surface area (Å²) in [6.07, 6.45) is 0. The van der Waals surface area contributed by atoms with Crippen molar-refractivity contribution in [2.75, 3.05) is 5.32 Å². The van der Waals surface area contributed by atoms with Gasteiger partial charge in [0.25, 0.3) is 5.91 Å². The molecule has 0 aliphatic carbocycles. The van der Waals surface area contributed by atoms with E-state index >= 15 is 0 Å². The topological polar surface area (TPSA) is 59.8 Å². The Kier molecular flexibility index (Phi) is 5.19. The molecule has 0 aliphatic rings. The molecule has 1 N–H and O–H groups in total. The van der Waals surface area contributed by atoms with E-state index in [9.17, 15) is 4.79 Å². The van der Waals surface area contributed by atoms with Crippen molar-refractivity contribution in [3.05, 3.63) is 94.8 Å². The summed E-state index contributed by atoms with van der Waals surface area (Å²) in [5, 5.41) is 7.50. The molecular weight excluding hydrogens is 372 g/mol. The van der Waals surface area contributed by atoms with Crippen LogP contribution in [0.1, 0.15) is 32.9 Å². The normalized spacial score (nSPS) is 10.8. The molecule has 4 aromatic rings. The standard InChI is InChI=1S/C25H24N4O/c1-16-8-11-20(12-9-16)24-27-23(28-29(24)21-7-5-6-17(2)15-21)25(30)26-22-13-10-18(3)14-19(22)4/h5-15H,1-4H3,(H,26,30). The van der Waals surface area contributed by atoms with Crippen molar-refractivity contribution in [2.45, 2.75) is 27.7 Å². The molecule has 0 spiro atoms. The zero-order valence-corrected chi connectivity index (χ0v) is 17.6. The second kappa shape index (κ2) is 7.95. The first-order valence-electron chi connectivity index (χ1n) is 9.90. The summed E-state index contributed by atoms with van der Waals surface area (Å²) in [5.74, 6) is 0.431. The first-order chi connectivity index (χ1) is 14.4. The van der Waals surface area contributed by atoms with Crippen LogP contribution in [0.15, 0.2) is 66.7 Å². The summed E-state index contributed by atoms with van der Waals surface area (Å²) in [6.45, 7) is 8.06. The van der Waals surface area contributed by atoms with Crippen molar-refractivity contribution in [1.29, 1.82) is 0 Å². The minimum Gasteiger partial charge on any atom is -0.319 e. The molecule has 0 radical (unpaired) electrons. The largest absolute Gasteiger partial charge is 0.319 e. The van der Waals surface area contributed by atoms with Gasteiger partial charge in [0.2, 0.25) is 5.82 Å². The van der Waals surface area contributed by atoms with Gasteiger partial charge in [-0.1, -0.05) is 59.7 Å². The van der Waals surface area contributed by atoms with Gasteiger partial charge in [0.05, 0.1) is 5.69 Å². The van der Waals surface area contributed by atoms with Crippen LogP contribution in [0.25, 0.3) is 17.1 Å². The number of benzene rings is 3. The van der Waals surface area contributed by atoms with Gasteiger partial charge in [-0.2, -0.15) is 0 Å². The Morgan fingerprint density at radius 2 is 1.53 bits per heavy atom. The van der Waals surface area contributed by atoms with Crippen LogP contribution >= 0.6 is 0 Å². The van der Waals surface area contributed by atoms with Gasteiger partial charge in [0.1, 0.15) is 0 Å². The van der Waals surface area contributed by atoms with Crippen molar-refractivity contribution in [1.82, 2.24) is 14.8 Å². The fourth-order valence-corrected chi connectivity index (χ4v) is 3.37. The van der Waals surface area contributed by atoms with Gasteiger partial charge in [-0.15, -0.1) is 5.10 Å². The molecule has 5 nitrogen and oxygen atoms in total. The minimum atomic E-state index is -0.332. The highest BCUT2D eigenvalue weighted by Crippen LogP contribution is 2.23. The molecule has 0 fully saturated rings. The first kappa shape index (κ1) is 19.6. The highest BCUT2D eigenvalue weighted by Gasteiger charge is 2.19. The van der Waals surface area contributed by atoms with Crippen LogP contribution in [0.5, 0.6) is 0 Å². The van der Waals surface area contributed by atoms with Gasteiger partial charge in [0, 0.05) is 11.3 Å². The third-order valence-corrected chi connectivity index (χ3v) is 5.00. The smallest absolute Gasteiger partial charge is 0.295 e. The summed E-state index contributed by atoms with van der Waals surface area (Å²) >= 11 is 0. The molecule has 30 heavy (non-hydrogen) atoms. The lowest BCUT2D eigenvalue weighted by atomic mass is 10.1. The molecular formula is C25H24N4O. The van der Waals surface area contributed by atoms with E-state index in [-0.39, 0.29) is 11.7 Å². The molecule has 0 saturated heterocycles. The molecule has 150 valence electrons. The van der Waals surface area contributed by atoms with Crippen molar-refractivity contribution in [2.24, 2.45) is 0 Å². The number of carbonyl (C=O) groups is 1. The van der Waals surface area contributed by atoms with Crippen molar-refractivity contribution in [3.63, 3.8) is 0 Å². The van der Waals surface area contributed by atoms with Crippen LogP contribution in [-0.4, -0.2) is 20.7 Å². The fraction of sp³-hybridized carbons (Fsp3) is 0.160. The first-order valence-corrected chi connectivity index (χ1v) is 9.90. The van der Waals surface area contributed by atoms with Crippen LogP contribution < -0.4 is 5.32 Å². The molecule has 0 aliphatic heterocycles. The third kappa shape index (κ3) is 4.01. The van der Waals surface area contributed by atoms with Gasteiger partial charge in [0.15, 0.2) is 5.82 Å². The van der Waals surface area contributed by atoms with E-state index in [4.69, 9.17) is 0 Å². The predicted octanol–water partition coefficient (Wildman–Crippen LogP) is 5.42. The zero-order chi connectivity index (χ0) is 21.3. The molecule has 1 amide bonds. The predicted molar refractivity (Wildman–Crippen MR) is 120 cm³/mol. The van der Waals surface area contributed by atoms with Gasteiger partial charge in [-0.3, -0.25) is 4.79 Å². The van der Waals surface area contributed by atoms with Crippen LogP contribution in [-0.2, 0) is 0 Å². The quantitative estimate of drug-likeness (QED) is 0.501. The lowest BCUT2D eigenvalue weighted by Gasteiger charge is -2.07. The number of hydrogen-bond donors (Lipinski definition) is 1. The summed E-state index contributed by atoms with van der Waals surface area (Å²) in [6, 6.07) is 21.9. The van der Waals surface area contributed by atoms with E-state index in [1.165, 1.54) is 0 Å². The number of rotatable bonds is 4. The highest BCUT2D eigenvalue weighted by molar-refractivity contribution is 6.02. The summed E-state index contributed by atoms with van der Waals surface area (Å²) in [5.41, 5.74) is 6.94. The van der Waals surface area contributed by atoms with E-state index in [0.717, 1.165) is 39.2 Å². The maximum atomic E-state index is 13.0. The van der Waals surface area contributed by atoms with Gasteiger partial charge in [-0.05, 0) is 57.0 Å². The van der Waals surface area contributed by atoms with Crippen LogP contribution in [0, 0.1) is 27.7 Å². The lowest BCUT2D eigenvalue weighted by Crippen LogP contribution is -2.15. The number of anilines is 1. The Morgan fingerprint density at radius 1 is 0.833 bits per heavy atom. The van der Waals surface area contributed by atoms with E-state index in [2.05, 4.69) is 15.4 Å². The summed E-state index contributed by atoms with van der Waals surface area (Å²) in [4.78, 5) is 17.6. The average Bonchev–Trinajstić information content (AvgIpc) is 3.16. The van der Waals surface area contributed by atoms with Gasteiger partial charge < -0.3 is 5.32 Å². The van der Waals surface area contributed by atoms with E-state index in [0.29, 0.717) is 5.82 Å². The minimum absolute atomic E-state index is 0.132. The Bertz CT molecular complexity index is 1220. The van der Waals surface area contributed by atoms with E-state index in [1.807, 2.05) is 94.4 Å². The number of amides is 1. The van der Waals surface area contributed by atoms with Crippen molar-refractivity contribution < 1.29 is 4.79 Å². The fourth-order valence-electron chi connectivity index (χ4n) is 3.37. The Hall–Kier alpha value is -3.73. The molecule has 0 unspecified atom stereocenters. The van der Waals surface area contributed by atoms with Crippen molar-refractivity contribution in [3.8, 4) is 17.1 Å². The van der Waals surface area contributed by atoms with Crippen LogP contribution in [0.4, 0.5) is 5.69 Å². The molecule has 0 atom stereocenters. The highest BCUT2D eigenvalue weighted by atomic mass is 16.2. The second-order valence-corrected chi connectivity index (χ2v) is 7.65. The average molecular weight is 396 g/mol. The van der Waals surface area contributed by atoms with E-state index in [1.54, 1.807) is 4.68 Å². The number of aromatic nitrogens is 3. The second-order valence-electron chi connectivity index (χ2n) is 7.65. The number of nitrogens with zero attached hydrogens (tertiary/aromatic N) is 3. The lowest BCUT2D eigenvalue weighted by molar-refractivity contribution is 0.101. The monoisotopic (exact) mass is 396 g/mol. The molecule has 3 aromatic carbocycles. The van der Waals surface area contributed by atoms with Crippen LogP contribution in [0.2, 0.25) is 0 Å². The molecule has 0 saturated carbocycles. The molecule has 4 rings (SSSR count). The summed E-state index contributed by atoms with van der Waals surface area (Å²) < 4.78 is 1.73. The number of hydrogen-bond acceptors (Lipinski definition) is 3. The molecule has 1 heterocycles. The van der Waals surface area contributed by atoms with Gasteiger partial charge >= 0.3 is 0 Å². The molecule has 1 aromatic heterocycles. The number of nitrogens with one attached hydrogen (secondary N) is 1. The molecule has 0 bridgehead atoms. The van der Waals surface area contributed by atoms with Gasteiger partial charge in [-0.25, -0.2) is 9.67 Å². The number of carbonyl (C=O) groups excluding carboxylic acids is 1. The Morgan fingerprint density at radius 3 is 2.23 bits per heavy atom. The Balaban J connectivity index is 1.76. The SMILES string of the molecule is Cc1ccc(-c2nc(C(=O)Nc3ccc(C)cc3C)nn2-c2cccc(C)c2)cc1. The van der Waals surface area contributed by atoms with Crippen molar-refractivity contribution >= 4 is 11.6 Å². The summed E-state index contributed by atoms with van der Waals surface area (Å²) in [7, 11) is 0. The zero-order valence-electron chi connectivity index (χ0n) is 17.6. The molecule has 5 heteroatoms.